The highest BCUT2D eigenvalue weighted by Gasteiger charge is 2.21. The molecule has 3 heterocycles. The average Bonchev–Trinajstić information content (AvgIpc) is 3.44. The summed E-state index contributed by atoms with van der Waals surface area (Å²) >= 11 is 1.28. The van der Waals surface area contributed by atoms with Gasteiger partial charge in [-0.2, -0.15) is 5.26 Å². The molecule has 0 amide bonds. The summed E-state index contributed by atoms with van der Waals surface area (Å²) in [4.78, 5) is 22.5. The summed E-state index contributed by atoms with van der Waals surface area (Å²) < 4.78 is 12.4. The molecule has 8 nitrogen and oxygen atoms in total. The van der Waals surface area contributed by atoms with Crippen molar-refractivity contribution in [3.8, 4) is 23.2 Å². The minimum atomic E-state index is -0.386. The number of thiophene rings is 1. The summed E-state index contributed by atoms with van der Waals surface area (Å²) in [5, 5.41) is 14.3. The number of esters is 1. The molecule has 5 aromatic rings. The third-order valence-electron chi connectivity index (χ3n) is 5.21. The lowest BCUT2D eigenvalue weighted by Crippen LogP contribution is -1.99. The molecular formula is C24H17N5O3S. The van der Waals surface area contributed by atoms with Gasteiger partial charge in [0.25, 0.3) is 0 Å². The number of carbonyl (C=O) groups excluding carboxylic acids is 1. The molecule has 0 aliphatic rings. The molecule has 0 aliphatic heterocycles. The molecule has 0 aliphatic carbocycles. The largest absolute Gasteiger partial charge is 0.489 e. The van der Waals surface area contributed by atoms with Gasteiger partial charge in [0.1, 0.15) is 28.4 Å². The molecule has 33 heavy (non-hydrogen) atoms. The van der Waals surface area contributed by atoms with Crippen LogP contribution < -0.4 is 4.74 Å². The zero-order chi connectivity index (χ0) is 22.9. The Morgan fingerprint density at radius 2 is 2.03 bits per heavy atom. The Balaban J connectivity index is 1.46. The fourth-order valence-electron chi connectivity index (χ4n) is 3.54. The number of aryl methyl sites for hydroxylation is 1. The molecule has 5 rings (SSSR count). The standard InChI is InChI=1S/C24H17N5O3S/c1-14-19-22-27-21(28-29(22)13-26-23(19)33-20(14)24(30)31-2)17-5-3-4-16(10-17)12-32-18-8-6-15(11-25)7-9-18/h3-10,13H,12H2,1-2H3. The maximum absolute atomic E-state index is 12.1. The van der Waals surface area contributed by atoms with Crippen molar-refractivity contribution in [2.45, 2.75) is 13.5 Å². The van der Waals surface area contributed by atoms with Crippen LogP contribution in [0.3, 0.4) is 0 Å². The summed E-state index contributed by atoms with van der Waals surface area (Å²) in [5.41, 5.74) is 3.81. The number of ether oxygens (including phenoxy) is 2. The molecule has 0 bridgehead atoms. The van der Waals surface area contributed by atoms with E-state index in [2.05, 4.69) is 16.2 Å². The molecule has 162 valence electrons. The van der Waals surface area contributed by atoms with Crippen LogP contribution in [0.2, 0.25) is 0 Å². The first kappa shape index (κ1) is 20.6. The van der Waals surface area contributed by atoms with Gasteiger partial charge in [0, 0.05) is 5.56 Å². The van der Waals surface area contributed by atoms with Crippen LogP contribution >= 0.6 is 11.3 Å². The van der Waals surface area contributed by atoms with Gasteiger partial charge >= 0.3 is 5.97 Å². The van der Waals surface area contributed by atoms with Gasteiger partial charge < -0.3 is 9.47 Å². The second-order valence-corrected chi connectivity index (χ2v) is 8.30. The van der Waals surface area contributed by atoms with E-state index in [0.717, 1.165) is 22.1 Å². The minimum absolute atomic E-state index is 0.366. The lowest BCUT2D eigenvalue weighted by molar-refractivity contribution is 0.0605. The monoisotopic (exact) mass is 455 g/mol. The van der Waals surface area contributed by atoms with Gasteiger partial charge in [-0.1, -0.05) is 18.2 Å². The van der Waals surface area contributed by atoms with Crippen LogP contribution in [0.5, 0.6) is 5.75 Å². The third kappa shape index (κ3) is 3.77. The van der Waals surface area contributed by atoms with Crippen LogP contribution in [0.15, 0.2) is 54.9 Å². The van der Waals surface area contributed by atoms with Crippen LogP contribution in [0.25, 0.3) is 27.3 Å². The second-order valence-electron chi connectivity index (χ2n) is 7.30. The smallest absolute Gasteiger partial charge is 0.348 e. The highest BCUT2D eigenvalue weighted by Crippen LogP contribution is 2.33. The van der Waals surface area contributed by atoms with Gasteiger partial charge in [0.15, 0.2) is 11.5 Å². The van der Waals surface area contributed by atoms with E-state index in [-0.39, 0.29) is 5.97 Å². The van der Waals surface area contributed by atoms with Crippen LogP contribution in [-0.2, 0) is 11.3 Å². The van der Waals surface area contributed by atoms with Crippen molar-refractivity contribution in [1.29, 1.82) is 5.26 Å². The van der Waals surface area contributed by atoms with E-state index in [0.29, 0.717) is 39.1 Å². The predicted octanol–water partition coefficient (Wildman–Crippen LogP) is 4.55. The SMILES string of the molecule is COC(=O)c1sc2ncn3nc(-c4cccc(COc5ccc(C#N)cc5)c4)nc3c2c1C. The van der Waals surface area contributed by atoms with Crippen molar-refractivity contribution in [2.75, 3.05) is 7.11 Å². The molecule has 9 heteroatoms. The molecule has 0 unspecified atom stereocenters. The van der Waals surface area contributed by atoms with E-state index in [4.69, 9.17) is 19.7 Å². The highest BCUT2D eigenvalue weighted by atomic mass is 32.1. The molecule has 3 aromatic heterocycles. The van der Waals surface area contributed by atoms with Crippen molar-refractivity contribution < 1.29 is 14.3 Å². The van der Waals surface area contributed by atoms with Gasteiger partial charge in [0.2, 0.25) is 0 Å². The van der Waals surface area contributed by atoms with Crippen molar-refractivity contribution in [3.05, 3.63) is 76.4 Å². The first-order valence-electron chi connectivity index (χ1n) is 10.0. The van der Waals surface area contributed by atoms with E-state index in [1.165, 1.54) is 18.4 Å². The summed E-state index contributed by atoms with van der Waals surface area (Å²) in [5.74, 6) is 0.853. The molecule has 0 fully saturated rings. The number of nitrogens with zero attached hydrogens (tertiary/aromatic N) is 5. The van der Waals surface area contributed by atoms with E-state index < -0.39 is 0 Å². The number of aromatic nitrogens is 4. The number of rotatable bonds is 5. The number of hydrogen-bond donors (Lipinski definition) is 0. The van der Waals surface area contributed by atoms with E-state index in [9.17, 15) is 4.79 Å². The van der Waals surface area contributed by atoms with Crippen LogP contribution in [0, 0.1) is 18.3 Å². The van der Waals surface area contributed by atoms with E-state index >= 15 is 0 Å². The second kappa shape index (κ2) is 8.33. The quantitative estimate of drug-likeness (QED) is 0.358. The zero-order valence-corrected chi connectivity index (χ0v) is 18.6. The number of hydrogen-bond acceptors (Lipinski definition) is 8. The molecular weight excluding hydrogens is 438 g/mol. The van der Waals surface area contributed by atoms with Gasteiger partial charge in [-0.05, 0) is 48.4 Å². The number of methoxy groups -OCH3 is 1. The lowest BCUT2D eigenvalue weighted by atomic mass is 10.1. The molecule has 0 saturated carbocycles. The highest BCUT2D eigenvalue weighted by molar-refractivity contribution is 7.20. The summed E-state index contributed by atoms with van der Waals surface area (Å²) in [7, 11) is 1.36. The first-order chi connectivity index (χ1) is 16.1. The Morgan fingerprint density at radius 1 is 1.21 bits per heavy atom. The number of fused-ring (bicyclic) bond motifs is 3. The maximum Gasteiger partial charge on any atom is 0.348 e. The van der Waals surface area contributed by atoms with Crippen LogP contribution in [0.4, 0.5) is 0 Å². The zero-order valence-electron chi connectivity index (χ0n) is 17.8. The van der Waals surface area contributed by atoms with Gasteiger partial charge in [-0.3, -0.25) is 0 Å². The first-order valence-corrected chi connectivity index (χ1v) is 10.8. The lowest BCUT2D eigenvalue weighted by Gasteiger charge is -2.07. The number of benzene rings is 2. The Kier molecular flexibility index (Phi) is 5.20. The summed E-state index contributed by atoms with van der Waals surface area (Å²) in [6.45, 7) is 2.23. The molecule has 0 radical (unpaired) electrons. The van der Waals surface area contributed by atoms with Crippen LogP contribution in [-0.4, -0.2) is 32.7 Å². The fraction of sp³-hybridized carbons (Fsp3) is 0.125. The topological polar surface area (TPSA) is 102 Å². The Morgan fingerprint density at radius 3 is 2.79 bits per heavy atom. The molecule has 0 saturated heterocycles. The minimum Gasteiger partial charge on any atom is -0.489 e. The van der Waals surface area contributed by atoms with Crippen molar-refractivity contribution >= 4 is 33.2 Å². The summed E-state index contributed by atoms with van der Waals surface area (Å²) in [6, 6.07) is 16.9. The van der Waals surface area contributed by atoms with Crippen molar-refractivity contribution in [2.24, 2.45) is 0 Å². The van der Waals surface area contributed by atoms with E-state index in [1.807, 2.05) is 31.2 Å². The molecule has 0 atom stereocenters. The Bertz CT molecular complexity index is 1550. The number of nitriles is 1. The average molecular weight is 455 g/mol. The van der Waals surface area contributed by atoms with Gasteiger partial charge in [-0.25, -0.2) is 19.3 Å². The normalized spacial score (nSPS) is 10.9. The maximum atomic E-state index is 12.1. The van der Waals surface area contributed by atoms with Gasteiger partial charge in [-0.15, -0.1) is 16.4 Å². The summed E-state index contributed by atoms with van der Waals surface area (Å²) in [6.07, 6.45) is 1.60. The third-order valence-corrected chi connectivity index (χ3v) is 6.39. The predicted molar refractivity (Wildman–Crippen MR) is 123 cm³/mol. The Hall–Kier alpha value is -4.29. The van der Waals surface area contributed by atoms with Gasteiger partial charge in [0.05, 0.1) is 24.1 Å². The van der Waals surface area contributed by atoms with Crippen LogP contribution in [0.1, 0.15) is 26.4 Å². The molecule has 0 N–H and O–H groups in total. The Labute approximate surface area is 192 Å². The fourth-order valence-corrected chi connectivity index (χ4v) is 4.60. The van der Waals surface area contributed by atoms with E-state index in [1.54, 1.807) is 35.1 Å². The van der Waals surface area contributed by atoms with Crippen molar-refractivity contribution in [3.63, 3.8) is 0 Å². The van der Waals surface area contributed by atoms with Crippen molar-refractivity contribution in [1.82, 2.24) is 19.6 Å². The molecule has 0 spiro atoms. The molecule has 2 aromatic carbocycles. The number of carbonyl (C=O) groups is 1.